The third-order valence-corrected chi connectivity index (χ3v) is 3.83. The lowest BCUT2D eigenvalue weighted by Gasteiger charge is -2.24. The van der Waals surface area contributed by atoms with Crippen molar-refractivity contribution in [1.82, 2.24) is 4.90 Å². The van der Waals surface area contributed by atoms with Gasteiger partial charge in [0.15, 0.2) is 0 Å². The summed E-state index contributed by atoms with van der Waals surface area (Å²) in [7, 11) is 0. The van der Waals surface area contributed by atoms with Crippen molar-refractivity contribution < 1.29 is 8.78 Å². The lowest BCUT2D eigenvalue weighted by Crippen LogP contribution is -2.29. The Morgan fingerprint density at radius 3 is 2.89 bits per heavy atom. The first-order chi connectivity index (χ1) is 8.70. The van der Waals surface area contributed by atoms with Gasteiger partial charge in [-0.2, -0.15) is 0 Å². The molecular weight excluding hydrogens is 256 g/mol. The summed E-state index contributed by atoms with van der Waals surface area (Å²) in [5.41, 5.74) is 0.578. The van der Waals surface area contributed by atoms with Crippen LogP contribution in [0.1, 0.15) is 31.2 Å². The maximum atomic E-state index is 13.6. The molecule has 1 heterocycles. The number of benzene rings is 1. The number of halogens is 3. The van der Waals surface area contributed by atoms with Gasteiger partial charge in [0, 0.05) is 30.1 Å². The largest absolute Gasteiger partial charge is 0.296 e. The predicted molar refractivity (Wildman–Crippen MR) is 69.7 cm³/mol. The molecule has 1 aromatic rings. The summed E-state index contributed by atoms with van der Waals surface area (Å²) in [5.74, 6) is -0.288. The number of likely N-dealkylation sites (tertiary alicyclic amines) is 1. The molecule has 0 N–H and O–H groups in total. The molecule has 1 nitrogen and oxygen atoms in total. The Morgan fingerprint density at radius 2 is 2.17 bits per heavy atom. The first-order valence-corrected chi connectivity index (χ1v) is 6.98. The molecular formula is C14H18ClF2N. The van der Waals surface area contributed by atoms with Gasteiger partial charge < -0.3 is 0 Å². The zero-order valence-corrected chi connectivity index (χ0v) is 11.1. The van der Waals surface area contributed by atoms with Gasteiger partial charge in [-0.25, -0.2) is 8.78 Å². The predicted octanol–water partition coefficient (Wildman–Crippen LogP) is 3.95. The maximum Gasteiger partial charge on any atom is 0.130 e. The lowest BCUT2D eigenvalue weighted by atomic mass is 10.1. The van der Waals surface area contributed by atoms with Crippen molar-refractivity contribution in [3.63, 3.8) is 0 Å². The Morgan fingerprint density at radius 1 is 1.33 bits per heavy atom. The highest BCUT2D eigenvalue weighted by Crippen LogP contribution is 2.24. The Bertz CT molecular complexity index is 397. The van der Waals surface area contributed by atoms with Crippen LogP contribution in [-0.4, -0.2) is 23.4 Å². The topological polar surface area (TPSA) is 3.24 Å². The minimum Gasteiger partial charge on any atom is -0.296 e. The molecule has 0 saturated carbocycles. The van der Waals surface area contributed by atoms with Crippen LogP contribution in [0.4, 0.5) is 8.78 Å². The van der Waals surface area contributed by atoms with Crippen molar-refractivity contribution in [2.75, 3.05) is 12.4 Å². The quantitative estimate of drug-likeness (QED) is 0.735. The van der Waals surface area contributed by atoms with E-state index in [1.807, 2.05) is 0 Å². The van der Waals surface area contributed by atoms with Crippen LogP contribution in [0.2, 0.25) is 0 Å². The van der Waals surface area contributed by atoms with Crippen LogP contribution in [0.3, 0.4) is 0 Å². The van der Waals surface area contributed by atoms with Crippen LogP contribution < -0.4 is 0 Å². The SMILES string of the molecule is Fc1ccc(CN2CCCC2CCCCl)c(F)c1. The summed E-state index contributed by atoms with van der Waals surface area (Å²) in [6.45, 7) is 1.56. The second-order valence-electron chi connectivity index (χ2n) is 4.83. The van der Waals surface area contributed by atoms with Gasteiger partial charge in [-0.05, 0) is 38.3 Å². The molecule has 1 saturated heterocycles. The summed E-state index contributed by atoms with van der Waals surface area (Å²) in [5, 5.41) is 0. The summed E-state index contributed by atoms with van der Waals surface area (Å²) in [4.78, 5) is 2.28. The normalized spacial score (nSPS) is 20.5. The fourth-order valence-corrected chi connectivity index (χ4v) is 2.77. The van der Waals surface area contributed by atoms with Gasteiger partial charge in [-0.15, -0.1) is 11.6 Å². The standard InChI is InChI=1S/C14H18ClF2N/c15-7-1-3-13-4-2-8-18(13)10-11-5-6-12(16)9-14(11)17/h5-6,9,13H,1-4,7-8,10H2. The summed E-state index contributed by atoms with van der Waals surface area (Å²) >= 11 is 5.71. The monoisotopic (exact) mass is 273 g/mol. The van der Waals surface area contributed by atoms with Crippen molar-refractivity contribution in [3.8, 4) is 0 Å². The van der Waals surface area contributed by atoms with Crippen LogP contribution in [0, 0.1) is 11.6 Å². The van der Waals surface area contributed by atoms with E-state index in [1.54, 1.807) is 6.07 Å². The number of alkyl halides is 1. The van der Waals surface area contributed by atoms with E-state index < -0.39 is 11.6 Å². The van der Waals surface area contributed by atoms with Gasteiger partial charge in [0.2, 0.25) is 0 Å². The third-order valence-electron chi connectivity index (χ3n) is 3.56. The van der Waals surface area contributed by atoms with E-state index in [9.17, 15) is 8.78 Å². The Kier molecular flexibility index (Phi) is 4.95. The van der Waals surface area contributed by atoms with Crippen molar-refractivity contribution in [2.45, 2.75) is 38.3 Å². The maximum absolute atomic E-state index is 13.6. The van der Waals surface area contributed by atoms with E-state index in [0.717, 1.165) is 38.3 Å². The van der Waals surface area contributed by atoms with Crippen molar-refractivity contribution in [1.29, 1.82) is 0 Å². The zero-order chi connectivity index (χ0) is 13.0. The van der Waals surface area contributed by atoms with E-state index in [0.29, 0.717) is 24.0 Å². The fraction of sp³-hybridized carbons (Fsp3) is 0.571. The highest BCUT2D eigenvalue weighted by Gasteiger charge is 2.24. The molecule has 1 unspecified atom stereocenters. The summed E-state index contributed by atoms with van der Waals surface area (Å²) in [6, 6.07) is 4.32. The average Bonchev–Trinajstić information content (AvgIpc) is 2.77. The zero-order valence-electron chi connectivity index (χ0n) is 10.3. The second-order valence-corrected chi connectivity index (χ2v) is 5.21. The van der Waals surface area contributed by atoms with Crippen molar-refractivity contribution >= 4 is 11.6 Å². The van der Waals surface area contributed by atoms with Crippen molar-refractivity contribution in [3.05, 3.63) is 35.4 Å². The molecule has 2 rings (SSSR count). The van der Waals surface area contributed by atoms with Crippen LogP contribution in [0.25, 0.3) is 0 Å². The van der Waals surface area contributed by atoms with Crippen LogP contribution in [-0.2, 0) is 6.54 Å². The van der Waals surface area contributed by atoms with Gasteiger partial charge in [0.1, 0.15) is 11.6 Å². The van der Waals surface area contributed by atoms with Gasteiger partial charge in [0.05, 0.1) is 0 Å². The number of hydrogen-bond donors (Lipinski definition) is 0. The molecule has 0 amide bonds. The molecule has 0 bridgehead atoms. The van der Waals surface area contributed by atoms with E-state index in [1.165, 1.54) is 6.07 Å². The molecule has 1 fully saturated rings. The Balaban J connectivity index is 1.99. The Labute approximate surface area is 112 Å². The highest BCUT2D eigenvalue weighted by molar-refractivity contribution is 6.17. The van der Waals surface area contributed by atoms with Gasteiger partial charge in [-0.3, -0.25) is 4.90 Å². The molecule has 1 aliphatic rings. The Hall–Kier alpha value is -0.670. The lowest BCUT2D eigenvalue weighted by molar-refractivity contribution is 0.230. The smallest absolute Gasteiger partial charge is 0.130 e. The second kappa shape index (κ2) is 6.48. The van der Waals surface area contributed by atoms with Gasteiger partial charge >= 0.3 is 0 Å². The molecule has 100 valence electrons. The molecule has 18 heavy (non-hydrogen) atoms. The van der Waals surface area contributed by atoms with E-state index in [2.05, 4.69) is 4.90 Å². The molecule has 4 heteroatoms. The van der Waals surface area contributed by atoms with Gasteiger partial charge in [-0.1, -0.05) is 6.07 Å². The number of hydrogen-bond acceptors (Lipinski definition) is 1. The van der Waals surface area contributed by atoms with Crippen LogP contribution in [0.5, 0.6) is 0 Å². The molecule has 1 aliphatic heterocycles. The molecule has 1 aromatic carbocycles. The van der Waals surface area contributed by atoms with Crippen LogP contribution >= 0.6 is 11.6 Å². The molecule has 0 radical (unpaired) electrons. The minimum atomic E-state index is -0.517. The molecule has 1 atom stereocenters. The third kappa shape index (κ3) is 3.42. The number of rotatable bonds is 5. The van der Waals surface area contributed by atoms with Crippen LogP contribution in [0.15, 0.2) is 18.2 Å². The molecule has 0 aliphatic carbocycles. The van der Waals surface area contributed by atoms with E-state index in [4.69, 9.17) is 11.6 Å². The molecule has 0 spiro atoms. The summed E-state index contributed by atoms with van der Waals surface area (Å²) in [6.07, 6.45) is 4.36. The first kappa shape index (κ1) is 13.8. The van der Waals surface area contributed by atoms with Gasteiger partial charge in [0.25, 0.3) is 0 Å². The average molecular weight is 274 g/mol. The van der Waals surface area contributed by atoms with E-state index >= 15 is 0 Å². The highest BCUT2D eigenvalue weighted by atomic mass is 35.5. The summed E-state index contributed by atoms with van der Waals surface area (Å²) < 4.78 is 26.4. The number of nitrogens with zero attached hydrogens (tertiary/aromatic N) is 1. The minimum absolute atomic E-state index is 0.446. The molecule has 0 aromatic heterocycles. The van der Waals surface area contributed by atoms with Crippen molar-refractivity contribution in [2.24, 2.45) is 0 Å². The van der Waals surface area contributed by atoms with E-state index in [-0.39, 0.29) is 0 Å². The first-order valence-electron chi connectivity index (χ1n) is 6.44. The fourth-order valence-electron chi connectivity index (χ4n) is 2.61.